The molecule has 4 heterocycles. The van der Waals surface area contributed by atoms with Gasteiger partial charge in [-0.25, -0.2) is 9.48 Å². The number of ether oxygens (including phenoxy) is 6. The lowest BCUT2D eigenvalue weighted by Gasteiger charge is -2.49. The maximum Gasteiger partial charge on any atom is 0.328 e. The second-order valence-electron chi connectivity index (χ2n) is 21.6. The summed E-state index contributed by atoms with van der Waals surface area (Å²) in [5, 5.41) is 89.2. The van der Waals surface area contributed by atoms with Crippen molar-refractivity contribution in [2.45, 2.75) is 204 Å². The molecular weight excluding hydrogens is 941 g/mol. The van der Waals surface area contributed by atoms with E-state index in [2.05, 4.69) is 10.3 Å². The number of aliphatic hydroxyl groups excluding tert-OH is 3. The molecule has 0 saturated carbocycles. The van der Waals surface area contributed by atoms with Crippen molar-refractivity contribution in [2.75, 3.05) is 34.3 Å². The van der Waals surface area contributed by atoms with Crippen LogP contribution >= 0.6 is 0 Å². The highest BCUT2D eigenvalue weighted by molar-refractivity contribution is 5.73. The Morgan fingerprint density at radius 1 is 1.01 bits per heavy atom. The highest BCUT2D eigenvalue weighted by Crippen LogP contribution is 2.40. The van der Waals surface area contributed by atoms with Gasteiger partial charge in [-0.1, -0.05) is 38.1 Å². The zero-order chi connectivity index (χ0) is 53.8. The Kier molecular flexibility index (Phi) is 19.9. The molecule has 3 aliphatic rings. The summed E-state index contributed by atoms with van der Waals surface area (Å²) >= 11 is 0. The highest BCUT2D eigenvalue weighted by atomic mass is 16.7. The van der Waals surface area contributed by atoms with Crippen molar-refractivity contribution in [3.05, 3.63) is 51.8 Å². The van der Waals surface area contributed by atoms with Gasteiger partial charge in [0.15, 0.2) is 18.6 Å². The number of benzene rings is 1. The van der Waals surface area contributed by atoms with Gasteiger partial charge >= 0.3 is 11.9 Å². The molecule has 3 aliphatic heterocycles. The van der Waals surface area contributed by atoms with E-state index in [0.717, 1.165) is 0 Å². The quantitative estimate of drug-likeness (QED) is 0.0849. The van der Waals surface area contributed by atoms with Gasteiger partial charge in [-0.2, -0.15) is 0 Å². The van der Waals surface area contributed by atoms with E-state index in [1.54, 1.807) is 54.7 Å². The fraction of sp³-hybridized carbons (Fsp3) is 0.800. The normalized spacial score (nSPS) is 39.4. The molecule has 22 nitrogen and oxygen atoms in total. The molecular formula is C50H82N6O16. The number of methoxy groups -OCH3 is 1. The highest BCUT2D eigenvalue weighted by Gasteiger charge is 2.53. The number of aromatic nitrogens is 3. The molecule has 408 valence electrons. The lowest BCUT2D eigenvalue weighted by atomic mass is 9.77. The number of non-ortho nitro benzene ring substituents is 1. The number of carboxylic acids is 1. The van der Waals surface area contributed by atoms with Crippen LogP contribution in [0.25, 0.3) is 0 Å². The summed E-state index contributed by atoms with van der Waals surface area (Å²) in [6.45, 7) is 17.9. The number of nitro benzene ring substituents is 1. The molecule has 1 aromatic heterocycles. The number of hydrogen-bond acceptors (Lipinski definition) is 19. The summed E-state index contributed by atoms with van der Waals surface area (Å²) < 4.78 is 39.4. The average Bonchev–Trinajstić information content (AvgIpc) is 3.79. The van der Waals surface area contributed by atoms with Gasteiger partial charge in [0.1, 0.15) is 30.0 Å². The van der Waals surface area contributed by atoms with E-state index in [9.17, 15) is 50.3 Å². The zero-order valence-corrected chi connectivity index (χ0v) is 44.2. The third-order valence-electron chi connectivity index (χ3n) is 15.6. The van der Waals surface area contributed by atoms with Crippen molar-refractivity contribution >= 4 is 17.6 Å². The molecule has 0 radical (unpaired) electrons. The Morgan fingerprint density at radius 2 is 1.67 bits per heavy atom. The fourth-order valence-electron chi connectivity index (χ4n) is 11.0. The predicted octanol–water partition coefficient (Wildman–Crippen LogP) is 2.88. The summed E-state index contributed by atoms with van der Waals surface area (Å²) in [6.07, 6.45) is -7.93. The van der Waals surface area contributed by atoms with Gasteiger partial charge in [0.05, 0.1) is 52.2 Å². The Hall–Kier alpha value is -3.78. The van der Waals surface area contributed by atoms with Crippen molar-refractivity contribution in [2.24, 2.45) is 17.8 Å². The van der Waals surface area contributed by atoms with E-state index < -0.39 is 125 Å². The number of nitro groups is 1. The van der Waals surface area contributed by atoms with Crippen molar-refractivity contribution in [1.82, 2.24) is 24.8 Å². The molecule has 2 aromatic rings. The molecule has 0 aliphatic carbocycles. The summed E-state index contributed by atoms with van der Waals surface area (Å²) in [5.74, 6) is -4.12. The first-order chi connectivity index (χ1) is 33.5. The van der Waals surface area contributed by atoms with E-state index in [0.29, 0.717) is 37.2 Å². The number of nitrogens with zero attached hydrogens (tertiary/aromatic N) is 6. The molecule has 0 bridgehead atoms. The minimum atomic E-state index is -1.87. The van der Waals surface area contributed by atoms with Crippen LogP contribution in [0.5, 0.6) is 0 Å². The predicted molar refractivity (Wildman–Crippen MR) is 260 cm³/mol. The molecule has 72 heavy (non-hydrogen) atoms. The van der Waals surface area contributed by atoms with Crippen molar-refractivity contribution in [3.63, 3.8) is 0 Å². The van der Waals surface area contributed by atoms with Crippen molar-refractivity contribution in [1.29, 1.82) is 0 Å². The Labute approximate surface area is 423 Å². The Morgan fingerprint density at radius 3 is 2.26 bits per heavy atom. The van der Waals surface area contributed by atoms with Crippen LogP contribution in [0.15, 0.2) is 30.5 Å². The van der Waals surface area contributed by atoms with Crippen LogP contribution in [0.3, 0.4) is 0 Å². The summed E-state index contributed by atoms with van der Waals surface area (Å²) in [5.41, 5.74) is -3.70. The van der Waals surface area contributed by atoms with E-state index in [1.807, 2.05) is 37.7 Å². The third kappa shape index (κ3) is 13.7. The van der Waals surface area contributed by atoms with Crippen LogP contribution < -0.4 is 0 Å². The number of carbonyl (C=O) groups is 2. The molecule has 19 atom stereocenters. The van der Waals surface area contributed by atoms with Gasteiger partial charge in [0.2, 0.25) is 0 Å². The second-order valence-corrected chi connectivity index (χ2v) is 21.6. The monoisotopic (exact) mass is 1020 g/mol. The smallest absolute Gasteiger partial charge is 0.328 e. The SMILES string of the molecule is CC[C@H]1OC(=O)[C@H](C)[C@@H](O[C@H]2C[C@@](C)(OC)[C@@H](O)[C@H](C)O2)[C@H](C)[C@@H](O[C@@H]2O[C@H](C)C[C@H](N(C)CCc3cn([C@@H](Cc4ccc([N+](=O)[O-])cc4)C(=O)O)nn3)[C@H]2O)[C@](C)(O)C[C@@H](C)CN(C)[C@H](C)[C@@H](O)[C@]1(C)O. The van der Waals surface area contributed by atoms with Gasteiger partial charge in [-0.3, -0.25) is 14.9 Å². The summed E-state index contributed by atoms with van der Waals surface area (Å²) in [4.78, 5) is 41.2. The van der Waals surface area contributed by atoms with Gasteiger partial charge in [0, 0.05) is 75.8 Å². The molecule has 3 fully saturated rings. The summed E-state index contributed by atoms with van der Waals surface area (Å²) in [6, 6.07) is 3.37. The molecule has 5 rings (SSSR count). The second kappa shape index (κ2) is 24.3. The number of likely N-dealkylation sites (N-methyl/N-ethyl adjacent to an activating group) is 2. The third-order valence-corrected chi connectivity index (χ3v) is 15.6. The minimum absolute atomic E-state index is 0.0126. The molecule has 0 amide bonds. The molecule has 1 aromatic carbocycles. The van der Waals surface area contributed by atoms with E-state index in [1.165, 1.54) is 43.0 Å². The number of hydrogen-bond donors (Lipinski definition) is 6. The standard InChI is InChI=1S/C50H82N6O16/c1-14-38-50(10,64)42(58)31(6)54(12)25-27(2)23-48(8,63)44(29(4)41(30(5)46(62)70-38)71-39-24-49(9,67-13)43(59)32(7)69-39)72-47-40(57)36(21-28(3)68-47)53(11)20-19-34-26-55(52-51-34)37(45(60)61)22-33-15-17-35(18-16-33)56(65)66/h15-18,26-32,36-44,47,57-59,63-64H,14,19-25H2,1-13H3,(H,60,61)/t27-,28-,29+,30-,31-,32+,36+,37+,38-,39+,40-,41+,42-,43+,44-,47+,48-,49-,50-/m1/s1. The van der Waals surface area contributed by atoms with Crippen LogP contribution in [-0.2, 0) is 50.9 Å². The number of rotatable bonds is 15. The van der Waals surface area contributed by atoms with Crippen molar-refractivity contribution < 1.29 is 73.6 Å². The number of aliphatic hydroxyl groups is 5. The largest absolute Gasteiger partial charge is 0.480 e. The first-order valence-electron chi connectivity index (χ1n) is 25.2. The van der Waals surface area contributed by atoms with E-state index in [-0.39, 0.29) is 37.3 Å². The first kappa shape index (κ1) is 59.1. The van der Waals surface area contributed by atoms with Crippen LogP contribution in [0, 0.1) is 27.9 Å². The maximum atomic E-state index is 14.5. The lowest BCUT2D eigenvalue weighted by molar-refractivity contribution is -0.384. The van der Waals surface area contributed by atoms with Crippen LogP contribution in [-0.4, -0.2) is 197 Å². The number of carboxylic acid groups (broad SMARTS) is 1. The van der Waals surface area contributed by atoms with Crippen molar-refractivity contribution in [3.8, 4) is 0 Å². The van der Waals surface area contributed by atoms with Gasteiger partial charge < -0.3 is 68.9 Å². The zero-order valence-electron chi connectivity index (χ0n) is 44.2. The minimum Gasteiger partial charge on any atom is -0.480 e. The summed E-state index contributed by atoms with van der Waals surface area (Å²) in [7, 11) is 5.12. The van der Waals surface area contributed by atoms with Gasteiger partial charge in [0.25, 0.3) is 5.69 Å². The number of carbonyl (C=O) groups excluding carboxylic acids is 1. The van der Waals surface area contributed by atoms with Crippen LogP contribution in [0.1, 0.15) is 112 Å². The number of cyclic esters (lactones) is 1. The fourth-order valence-corrected chi connectivity index (χ4v) is 11.0. The van der Waals surface area contributed by atoms with Gasteiger partial charge in [-0.15, -0.1) is 5.10 Å². The molecule has 6 N–H and O–H groups in total. The average molecular weight is 1020 g/mol. The molecule has 0 spiro atoms. The molecule has 0 unspecified atom stereocenters. The number of esters is 1. The Bertz CT molecular complexity index is 2100. The maximum absolute atomic E-state index is 14.5. The Balaban J connectivity index is 1.44. The van der Waals surface area contributed by atoms with Crippen LogP contribution in [0.4, 0.5) is 5.69 Å². The topological polar surface area (TPSA) is 291 Å². The lowest BCUT2D eigenvalue weighted by Crippen LogP contribution is -2.61. The molecule has 22 heteroatoms. The molecule has 3 saturated heterocycles. The number of aliphatic carboxylic acids is 1. The first-order valence-corrected chi connectivity index (χ1v) is 25.2. The van der Waals surface area contributed by atoms with Crippen LogP contribution in [0.2, 0.25) is 0 Å². The van der Waals surface area contributed by atoms with E-state index in [4.69, 9.17) is 28.4 Å². The van der Waals surface area contributed by atoms with Gasteiger partial charge in [-0.05, 0) is 93.3 Å². The van der Waals surface area contributed by atoms with E-state index >= 15 is 0 Å².